The monoisotopic (exact) mass is 1050 g/mol. The van der Waals surface area contributed by atoms with Crippen LogP contribution in [0.3, 0.4) is 0 Å². The number of aromatic nitrogens is 1. The molecule has 3 heterocycles. The fourth-order valence-corrected chi connectivity index (χ4v) is 12.5. The summed E-state index contributed by atoms with van der Waals surface area (Å²) in [6.45, 7) is 21.6. The molecule has 0 amide bonds. The summed E-state index contributed by atoms with van der Waals surface area (Å²) in [5.41, 5.74) is 23.7. The van der Waals surface area contributed by atoms with Gasteiger partial charge < -0.3 is 14.2 Å². The van der Waals surface area contributed by atoms with Gasteiger partial charge in [-0.1, -0.05) is 217 Å². The van der Waals surface area contributed by atoms with E-state index in [1.807, 2.05) is 36.4 Å². The lowest BCUT2D eigenvalue weighted by molar-refractivity contribution is 0.487. The van der Waals surface area contributed by atoms with Crippen molar-refractivity contribution >= 4 is 67.7 Å². The fourth-order valence-electron chi connectivity index (χ4n) is 12.5. The van der Waals surface area contributed by atoms with Crippen LogP contribution in [0.2, 0.25) is 0 Å². The van der Waals surface area contributed by atoms with E-state index in [2.05, 4.69) is 262 Å². The van der Waals surface area contributed by atoms with Gasteiger partial charge in [0.05, 0.1) is 29.4 Å². The van der Waals surface area contributed by atoms with Gasteiger partial charge in [0.1, 0.15) is 11.5 Å². The third-order valence-corrected chi connectivity index (χ3v) is 16.7. The van der Waals surface area contributed by atoms with Crippen molar-refractivity contribution in [3.8, 4) is 78.9 Å². The summed E-state index contributed by atoms with van der Waals surface area (Å²) in [6.07, 6.45) is 0. The van der Waals surface area contributed by atoms with E-state index in [-0.39, 0.29) is 17.5 Å². The van der Waals surface area contributed by atoms with Gasteiger partial charge in [0.25, 0.3) is 6.71 Å². The summed E-state index contributed by atoms with van der Waals surface area (Å²) >= 11 is 0. The third-order valence-electron chi connectivity index (χ3n) is 16.7. The average Bonchev–Trinajstić information content (AvgIpc) is 2.03. The van der Waals surface area contributed by atoms with E-state index in [0.717, 1.165) is 128 Å². The first kappa shape index (κ1) is 50.1. The van der Waals surface area contributed by atoms with E-state index in [1.165, 1.54) is 11.1 Å². The molecule has 6 heteroatoms. The van der Waals surface area contributed by atoms with Gasteiger partial charge in [0.15, 0.2) is 5.69 Å². The Bertz CT molecular complexity index is 4470. The second-order valence-corrected chi connectivity index (χ2v) is 23.9. The van der Waals surface area contributed by atoms with Crippen LogP contribution in [0.5, 0.6) is 11.5 Å². The second kappa shape index (κ2) is 19.3. The van der Waals surface area contributed by atoms with Crippen molar-refractivity contribution in [3.63, 3.8) is 0 Å². The predicted molar refractivity (Wildman–Crippen MR) is 342 cm³/mol. The van der Waals surface area contributed by atoms with E-state index in [4.69, 9.17) is 11.3 Å². The molecule has 0 saturated carbocycles. The zero-order valence-electron chi connectivity index (χ0n) is 46.8. The normalized spacial score (nSPS) is 12.5. The topological polar surface area (TPSA) is 45.6 Å². The Morgan fingerprint density at radius 3 is 1.59 bits per heavy atom. The molecule has 12 aromatic rings. The minimum Gasteiger partial charge on any atom is -0.458 e. The summed E-state index contributed by atoms with van der Waals surface area (Å²) in [6, 6.07) is 87.6. The van der Waals surface area contributed by atoms with Gasteiger partial charge in [0.2, 0.25) is 0 Å². The number of ether oxygens (including phenoxy) is 1. The fraction of sp³-hybridized carbons (Fsp3) is 0.105. The first-order valence-electron chi connectivity index (χ1n) is 28.2. The molecule has 390 valence electrons. The van der Waals surface area contributed by atoms with Crippen LogP contribution < -0.4 is 26.0 Å². The van der Waals surface area contributed by atoms with Crippen LogP contribution in [0.1, 0.15) is 58.2 Å². The van der Waals surface area contributed by atoms with Crippen molar-refractivity contribution < 1.29 is 4.74 Å². The molecule has 0 aliphatic carbocycles. The third kappa shape index (κ3) is 8.46. The highest BCUT2D eigenvalue weighted by molar-refractivity contribution is 6.99. The zero-order valence-corrected chi connectivity index (χ0v) is 46.8. The molecule has 82 heavy (non-hydrogen) atoms. The standard InChI is InChI=1S/C76H57BN4O/c1-75(2,3)57-37-54(38-58(44-57)76(4,5)6)56-42-70-73-72(43-56)82-71-46-60(80-68-36-48(47-78)28-32-61(68)62-33-30-59(79-7)45-69(62)80)31-34-65(71)77(73)66-41-53(49-20-12-8-13-21-49)29-35-67(66)81(70)74-63(51-24-16-10-17-25-51)39-55(50-22-14-9-15-23-50)40-64(74)52-26-18-11-19-27-52/h8-46H,1-6H3. The number of rotatable bonds is 7. The van der Waals surface area contributed by atoms with Gasteiger partial charge in [-0.15, -0.1) is 0 Å². The molecular weight excluding hydrogens is 996 g/mol. The van der Waals surface area contributed by atoms with E-state index in [0.29, 0.717) is 11.3 Å². The maximum absolute atomic E-state index is 10.2. The molecule has 0 radical (unpaired) electrons. The van der Waals surface area contributed by atoms with Crippen molar-refractivity contribution in [1.82, 2.24) is 4.57 Å². The van der Waals surface area contributed by atoms with Gasteiger partial charge in [-0.05, 0) is 137 Å². The molecule has 2 aliphatic heterocycles. The molecule has 0 saturated heterocycles. The molecule has 0 bridgehead atoms. The summed E-state index contributed by atoms with van der Waals surface area (Å²) < 4.78 is 9.80. The molecule has 0 fully saturated rings. The summed E-state index contributed by atoms with van der Waals surface area (Å²) in [7, 11) is 0. The lowest BCUT2D eigenvalue weighted by Gasteiger charge is -2.42. The van der Waals surface area contributed by atoms with Crippen LogP contribution in [-0.4, -0.2) is 11.3 Å². The summed E-state index contributed by atoms with van der Waals surface area (Å²) in [5.74, 6) is 1.53. The van der Waals surface area contributed by atoms with Crippen LogP contribution in [-0.2, 0) is 10.8 Å². The molecule has 1 aromatic heterocycles. The maximum atomic E-state index is 10.2. The summed E-state index contributed by atoms with van der Waals surface area (Å²) in [4.78, 5) is 6.42. The number of hydrogen-bond acceptors (Lipinski definition) is 3. The van der Waals surface area contributed by atoms with E-state index >= 15 is 0 Å². The van der Waals surface area contributed by atoms with Crippen molar-refractivity contribution in [1.29, 1.82) is 5.26 Å². The Labute approximate surface area is 480 Å². The highest BCUT2D eigenvalue weighted by atomic mass is 16.5. The quantitative estimate of drug-likeness (QED) is 0.118. The Hall–Kier alpha value is -10.1. The van der Waals surface area contributed by atoms with E-state index in [9.17, 15) is 5.26 Å². The highest BCUT2D eigenvalue weighted by Gasteiger charge is 2.44. The van der Waals surface area contributed by atoms with Crippen LogP contribution in [0, 0.1) is 17.9 Å². The predicted octanol–water partition coefficient (Wildman–Crippen LogP) is 18.5. The Morgan fingerprint density at radius 1 is 0.451 bits per heavy atom. The molecule has 11 aromatic carbocycles. The van der Waals surface area contributed by atoms with Crippen LogP contribution in [0.4, 0.5) is 22.7 Å². The molecule has 0 unspecified atom stereocenters. The van der Waals surface area contributed by atoms with Gasteiger partial charge in [0, 0.05) is 50.5 Å². The number of nitriles is 1. The van der Waals surface area contributed by atoms with Crippen LogP contribution in [0.25, 0.3) is 88.0 Å². The van der Waals surface area contributed by atoms with Crippen molar-refractivity contribution in [2.24, 2.45) is 0 Å². The molecule has 0 atom stereocenters. The molecule has 5 nitrogen and oxygen atoms in total. The smallest absolute Gasteiger partial charge is 0.256 e. The number of anilines is 3. The number of fused-ring (bicyclic) bond motifs is 7. The SMILES string of the molecule is [C-]#[N+]c1ccc2c3ccc(C#N)cc3n(-c3ccc4c(c3)Oc3cc(-c5cc(C(C)(C)C)cc(C(C)(C)C)c5)cc5c3B4c3cc(-c4ccccc4)ccc3N5c3c(-c4ccccc4)cc(-c4ccccc4)cc3-c3ccccc3)c2c1. The van der Waals surface area contributed by atoms with Crippen molar-refractivity contribution in [2.75, 3.05) is 4.90 Å². The molecule has 0 N–H and O–H groups in total. The Morgan fingerprint density at radius 2 is 1.00 bits per heavy atom. The molecule has 14 rings (SSSR count). The van der Waals surface area contributed by atoms with Crippen molar-refractivity contribution in [2.45, 2.75) is 52.4 Å². The second-order valence-electron chi connectivity index (χ2n) is 23.9. The van der Waals surface area contributed by atoms with Gasteiger partial charge in [-0.3, -0.25) is 0 Å². The van der Waals surface area contributed by atoms with Gasteiger partial charge >= 0.3 is 0 Å². The van der Waals surface area contributed by atoms with Gasteiger partial charge in [-0.25, -0.2) is 4.85 Å². The first-order valence-corrected chi connectivity index (χ1v) is 28.2. The molecule has 0 spiro atoms. The van der Waals surface area contributed by atoms with Crippen LogP contribution >= 0.6 is 0 Å². The minimum atomic E-state index is -0.251. The van der Waals surface area contributed by atoms with E-state index in [1.54, 1.807) is 0 Å². The highest BCUT2D eigenvalue weighted by Crippen LogP contribution is 2.52. The van der Waals surface area contributed by atoms with Crippen molar-refractivity contribution in [3.05, 3.63) is 265 Å². The number of nitrogens with zero attached hydrogens (tertiary/aromatic N) is 4. The van der Waals surface area contributed by atoms with Crippen LogP contribution in [0.15, 0.2) is 237 Å². The first-order chi connectivity index (χ1) is 39.8. The van der Waals surface area contributed by atoms with E-state index < -0.39 is 0 Å². The average molecular weight is 1050 g/mol. The minimum absolute atomic E-state index is 0.122. The Balaban J connectivity index is 1.10. The summed E-state index contributed by atoms with van der Waals surface area (Å²) in [5, 5.41) is 12.2. The molecule has 2 aliphatic rings. The lowest BCUT2D eigenvalue weighted by Crippen LogP contribution is -2.59. The largest absolute Gasteiger partial charge is 0.458 e. The number of benzene rings is 11. The zero-order chi connectivity index (χ0) is 56.0. The molecular formula is C76H57BN4O. The Kier molecular flexibility index (Phi) is 11.8. The van der Waals surface area contributed by atoms with Gasteiger partial charge in [-0.2, -0.15) is 5.26 Å². The maximum Gasteiger partial charge on any atom is 0.256 e. The lowest BCUT2D eigenvalue weighted by atomic mass is 9.34. The number of hydrogen-bond donors (Lipinski definition) is 0.